The highest BCUT2D eigenvalue weighted by Gasteiger charge is 2.04. The Balaban J connectivity index is 1.50. The van der Waals surface area contributed by atoms with E-state index in [1.165, 1.54) is 24.6 Å². The third-order valence-electron chi connectivity index (χ3n) is 3.76. The van der Waals surface area contributed by atoms with Crippen LogP contribution in [-0.4, -0.2) is 25.2 Å². The average Bonchev–Trinajstić information content (AvgIpc) is 3.27. The van der Waals surface area contributed by atoms with Gasteiger partial charge in [-0.3, -0.25) is 4.79 Å². The van der Waals surface area contributed by atoms with Gasteiger partial charge in [-0.15, -0.1) is 0 Å². The number of hydrogen-bond acceptors (Lipinski definition) is 6. The second-order valence-electron chi connectivity index (χ2n) is 5.77. The summed E-state index contributed by atoms with van der Waals surface area (Å²) in [6.45, 7) is 0. The molecular formula is C22H18N2O5. The number of benzene rings is 2. The minimum Gasteiger partial charge on any atom is -0.497 e. The highest BCUT2D eigenvalue weighted by atomic mass is 16.5. The molecule has 0 unspecified atom stereocenters. The number of amides is 1. The van der Waals surface area contributed by atoms with Crippen LogP contribution in [0, 0.1) is 0 Å². The third-order valence-corrected chi connectivity index (χ3v) is 3.76. The van der Waals surface area contributed by atoms with Crippen molar-refractivity contribution in [1.29, 1.82) is 0 Å². The first kappa shape index (κ1) is 19.6. The van der Waals surface area contributed by atoms with Crippen molar-refractivity contribution in [3.05, 3.63) is 89.9 Å². The number of ether oxygens (including phenoxy) is 2. The average molecular weight is 390 g/mol. The fraction of sp³-hybridized carbons (Fsp3) is 0.0455. The van der Waals surface area contributed by atoms with Crippen molar-refractivity contribution in [2.45, 2.75) is 0 Å². The van der Waals surface area contributed by atoms with Gasteiger partial charge < -0.3 is 13.9 Å². The number of carbonyl (C=O) groups is 2. The second-order valence-corrected chi connectivity index (χ2v) is 5.77. The number of carbonyl (C=O) groups excluding carboxylic acids is 2. The molecular weight excluding hydrogens is 372 g/mol. The molecule has 146 valence electrons. The van der Waals surface area contributed by atoms with Gasteiger partial charge in [-0.25, -0.2) is 10.2 Å². The maximum atomic E-state index is 12.0. The highest BCUT2D eigenvalue weighted by Crippen LogP contribution is 2.13. The smallest absolute Gasteiger partial charge is 0.336 e. The minimum absolute atomic E-state index is 0.335. The molecule has 0 aliphatic heterocycles. The Hall–Kier alpha value is -4.13. The lowest BCUT2D eigenvalue weighted by atomic mass is 10.2. The van der Waals surface area contributed by atoms with Crippen LogP contribution in [-0.2, 0) is 4.79 Å². The minimum atomic E-state index is -0.519. The fourth-order valence-electron chi connectivity index (χ4n) is 2.28. The second kappa shape index (κ2) is 9.70. The summed E-state index contributed by atoms with van der Waals surface area (Å²) in [5.74, 6) is 0.762. The van der Waals surface area contributed by atoms with Gasteiger partial charge in [0.15, 0.2) is 0 Å². The number of methoxy groups -OCH3 is 1. The van der Waals surface area contributed by atoms with Gasteiger partial charge in [0.2, 0.25) is 0 Å². The molecule has 0 spiro atoms. The summed E-state index contributed by atoms with van der Waals surface area (Å²) >= 11 is 0. The van der Waals surface area contributed by atoms with Crippen LogP contribution < -0.4 is 14.9 Å². The van der Waals surface area contributed by atoms with Gasteiger partial charge in [0, 0.05) is 11.6 Å². The molecule has 29 heavy (non-hydrogen) atoms. The zero-order valence-electron chi connectivity index (χ0n) is 15.6. The summed E-state index contributed by atoms with van der Waals surface area (Å²) in [7, 11) is 1.56. The fourth-order valence-corrected chi connectivity index (χ4v) is 2.28. The molecule has 2 aromatic carbocycles. The summed E-state index contributed by atoms with van der Waals surface area (Å²) < 4.78 is 15.3. The van der Waals surface area contributed by atoms with E-state index in [2.05, 4.69) is 10.5 Å². The van der Waals surface area contributed by atoms with Crippen LogP contribution in [0.3, 0.4) is 0 Å². The third kappa shape index (κ3) is 5.93. The molecule has 0 bridgehead atoms. The molecule has 1 N–H and O–H groups in total. The van der Waals surface area contributed by atoms with E-state index >= 15 is 0 Å². The Kier molecular flexibility index (Phi) is 6.57. The van der Waals surface area contributed by atoms with Gasteiger partial charge in [-0.05, 0) is 72.3 Å². The van der Waals surface area contributed by atoms with E-state index < -0.39 is 5.97 Å². The molecule has 3 rings (SSSR count). The van der Waals surface area contributed by atoms with E-state index in [1.54, 1.807) is 67.8 Å². The first-order chi connectivity index (χ1) is 14.1. The Morgan fingerprint density at radius 2 is 1.72 bits per heavy atom. The maximum absolute atomic E-state index is 12.0. The number of hydrogen-bond donors (Lipinski definition) is 1. The van der Waals surface area contributed by atoms with Crippen LogP contribution in [0.15, 0.2) is 82.5 Å². The zero-order valence-corrected chi connectivity index (χ0v) is 15.6. The van der Waals surface area contributed by atoms with E-state index in [1.807, 2.05) is 0 Å². The van der Waals surface area contributed by atoms with Crippen LogP contribution in [0.5, 0.6) is 11.5 Å². The normalized spacial score (nSPS) is 10.9. The van der Waals surface area contributed by atoms with Crippen LogP contribution >= 0.6 is 0 Å². The first-order valence-corrected chi connectivity index (χ1v) is 8.65. The van der Waals surface area contributed by atoms with E-state index in [0.29, 0.717) is 22.8 Å². The molecule has 0 fully saturated rings. The lowest BCUT2D eigenvalue weighted by molar-refractivity contribution is -0.128. The molecule has 1 aromatic heterocycles. The van der Waals surface area contributed by atoms with E-state index in [9.17, 15) is 9.59 Å². The summed E-state index contributed by atoms with van der Waals surface area (Å²) in [5.41, 5.74) is 3.64. The van der Waals surface area contributed by atoms with Crippen LogP contribution in [0.25, 0.3) is 6.08 Å². The maximum Gasteiger partial charge on any atom is 0.336 e. The zero-order chi connectivity index (χ0) is 20.5. The molecule has 0 saturated carbocycles. The number of nitrogens with one attached hydrogen (secondary N) is 1. The number of furan rings is 1. The van der Waals surface area contributed by atoms with Crippen molar-refractivity contribution in [2.75, 3.05) is 7.11 Å². The van der Waals surface area contributed by atoms with Crippen LogP contribution in [0.4, 0.5) is 0 Å². The largest absolute Gasteiger partial charge is 0.497 e. The predicted octanol–water partition coefficient (Wildman–Crippen LogP) is 3.67. The van der Waals surface area contributed by atoms with Crippen LogP contribution in [0.1, 0.15) is 21.7 Å². The van der Waals surface area contributed by atoms with Crippen molar-refractivity contribution in [3.63, 3.8) is 0 Å². The molecule has 0 aliphatic rings. The Bertz CT molecular complexity index is 1000. The van der Waals surface area contributed by atoms with Gasteiger partial charge in [0.05, 0.1) is 19.6 Å². The van der Waals surface area contributed by atoms with Gasteiger partial charge >= 0.3 is 5.97 Å². The molecule has 3 aromatic rings. The molecule has 0 atom stereocenters. The summed E-state index contributed by atoms with van der Waals surface area (Å²) in [5, 5.41) is 3.92. The molecule has 7 nitrogen and oxygen atoms in total. The monoisotopic (exact) mass is 390 g/mol. The molecule has 0 aliphatic carbocycles. The quantitative estimate of drug-likeness (QED) is 0.219. The lowest BCUT2D eigenvalue weighted by Gasteiger charge is -2.03. The molecule has 1 heterocycles. The molecule has 7 heteroatoms. The van der Waals surface area contributed by atoms with Crippen molar-refractivity contribution in [2.24, 2.45) is 5.10 Å². The van der Waals surface area contributed by atoms with E-state index in [4.69, 9.17) is 13.9 Å². The lowest BCUT2D eigenvalue weighted by Crippen LogP contribution is -2.17. The predicted molar refractivity (Wildman–Crippen MR) is 108 cm³/mol. The topological polar surface area (TPSA) is 90.1 Å². The van der Waals surface area contributed by atoms with Crippen molar-refractivity contribution in [1.82, 2.24) is 5.43 Å². The van der Waals surface area contributed by atoms with Crippen molar-refractivity contribution in [3.8, 4) is 11.5 Å². The number of rotatable bonds is 7. The van der Waals surface area contributed by atoms with Gasteiger partial charge in [0.1, 0.15) is 17.3 Å². The van der Waals surface area contributed by atoms with Gasteiger partial charge in [-0.1, -0.05) is 0 Å². The SMILES string of the molecule is COc1ccc(C(=O)NN=Cc2ccc(OC(=O)C=Cc3ccco3)cc2)cc1. The molecule has 0 radical (unpaired) electrons. The molecule has 1 amide bonds. The molecule has 0 saturated heterocycles. The Morgan fingerprint density at radius 1 is 1.00 bits per heavy atom. The summed E-state index contributed by atoms with van der Waals surface area (Å²) in [6.07, 6.45) is 5.81. The van der Waals surface area contributed by atoms with Crippen molar-refractivity contribution >= 4 is 24.2 Å². The number of nitrogens with zero attached hydrogens (tertiary/aromatic N) is 1. The van der Waals surface area contributed by atoms with E-state index in [0.717, 1.165) is 5.56 Å². The Labute approximate surface area is 167 Å². The number of esters is 1. The van der Waals surface area contributed by atoms with Gasteiger partial charge in [-0.2, -0.15) is 5.10 Å². The first-order valence-electron chi connectivity index (χ1n) is 8.65. The van der Waals surface area contributed by atoms with Crippen molar-refractivity contribution < 1.29 is 23.5 Å². The summed E-state index contributed by atoms with van der Waals surface area (Å²) in [6, 6.07) is 16.8. The Morgan fingerprint density at radius 3 is 2.38 bits per heavy atom. The van der Waals surface area contributed by atoms with Gasteiger partial charge in [0.25, 0.3) is 5.91 Å². The standard InChI is InChI=1S/C22H18N2O5/c1-27-18-10-6-17(7-11-18)22(26)24-23-15-16-4-8-20(9-5-16)29-21(25)13-12-19-3-2-14-28-19/h2-15H,1H3,(H,24,26). The van der Waals surface area contributed by atoms with E-state index in [-0.39, 0.29) is 5.91 Å². The highest BCUT2D eigenvalue weighted by molar-refractivity contribution is 5.95. The van der Waals surface area contributed by atoms with Crippen LogP contribution in [0.2, 0.25) is 0 Å². The number of hydrazone groups is 1. The summed E-state index contributed by atoms with van der Waals surface area (Å²) in [4.78, 5) is 23.8.